The van der Waals surface area contributed by atoms with Crippen LogP contribution in [0.2, 0.25) is 0 Å². The van der Waals surface area contributed by atoms with E-state index in [4.69, 9.17) is 0 Å². The van der Waals surface area contributed by atoms with E-state index in [2.05, 4.69) is 0 Å². The van der Waals surface area contributed by atoms with E-state index in [0.717, 1.165) is 23.5 Å². The molecule has 0 atom stereocenters. The van der Waals surface area contributed by atoms with Gasteiger partial charge in [0.25, 0.3) is 10.5 Å². The Morgan fingerprint density at radius 2 is 1.24 bits per heavy atom. The lowest BCUT2D eigenvalue weighted by molar-refractivity contribution is -0.124. The van der Waals surface area contributed by atoms with Crippen LogP contribution in [0.15, 0.2) is 0 Å². The number of hydrogen-bond donors (Lipinski definition) is 0. The third-order valence-corrected chi connectivity index (χ3v) is 4.16. The lowest BCUT2D eigenvalue weighted by atomic mass is 10.3. The van der Waals surface area contributed by atoms with Crippen molar-refractivity contribution in [2.75, 3.05) is 24.6 Å². The molecule has 0 bridgehead atoms. The fourth-order valence-corrected chi connectivity index (χ4v) is 3.08. The Morgan fingerprint density at radius 1 is 0.824 bits per heavy atom. The van der Waals surface area contributed by atoms with Crippen LogP contribution in [0.3, 0.4) is 0 Å². The summed E-state index contributed by atoms with van der Waals surface area (Å²) in [6, 6.07) is 0. The van der Waals surface area contributed by atoms with E-state index in [9.17, 15) is 19.2 Å². The average Bonchev–Trinajstić information content (AvgIpc) is 2.77. The van der Waals surface area contributed by atoms with Crippen LogP contribution in [0.25, 0.3) is 0 Å². The fraction of sp³-hybridized carbons (Fsp3) is 0.556. The molecule has 0 N–H and O–H groups in total. The number of carbonyl (C=O) groups is 4. The van der Waals surface area contributed by atoms with Gasteiger partial charge in [-0.05, 0) is 6.42 Å². The summed E-state index contributed by atoms with van der Waals surface area (Å²) < 4.78 is 0. The van der Waals surface area contributed by atoms with Crippen LogP contribution in [0.4, 0.5) is 9.59 Å². The molecule has 2 rings (SSSR count). The maximum Gasteiger partial charge on any atom is 0.288 e. The summed E-state index contributed by atoms with van der Waals surface area (Å²) in [5.41, 5.74) is 0. The maximum absolute atomic E-state index is 11.3. The monoisotopic (exact) mass is 274 g/mol. The molecule has 0 unspecified atom stereocenters. The summed E-state index contributed by atoms with van der Waals surface area (Å²) in [5, 5.41) is -0.494. The molecular weight excluding hydrogens is 264 g/mol. The van der Waals surface area contributed by atoms with Crippen molar-refractivity contribution in [3.63, 3.8) is 0 Å². The quantitative estimate of drug-likeness (QED) is 0.753. The molecule has 0 aliphatic carbocycles. The molecule has 8 heteroatoms. The van der Waals surface area contributed by atoms with E-state index in [1.807, 2.05) is 0 Å². The van der Waals surface area contributed by atoms with Gasteiger partial charge in [-0.15, -0.1) is 0 Å². The molecule has 0 radical (unpaired) electrons. The van der Waals surface area contributed by atoms with E-state index >= 15 is 0 Å². The number of amides is 4. The maximum atomic E-state index is 11.3. The Hall–Kier alpha value is -1.02. The number of hydrogen-bond acceptors (Lipinski definition) is 6. The van der Waals surface area contributed by atoms with Gasteiger partial charge in [0.15, 0.2) is 0 Å². The summed E-state index contributed by atoms with van der Waals surface area (Å²) in [7, 11) is 0. The normalized spacial score (nSPS) is 20.9. The first-order chi connectivity index (χ1) is 8.09. The van der Waals surface area contributed by atoms with Crippen LogP contribution >= 0.6 is 23.5 Å². The van der Waals surface area contributed by atoms with Gasteiger partial charge in [-0.2, -0.15) is 0 Å². The Bertz CT molecular complexity index is 330. The summed E-state index contributed by atoms with van der Waals surface area (Å²) in [5.74, 6) is -0.0195. The molecular formula is C9H10N2O4S2. The summed E-state index contributed by atoms with van der Waals surface area (Å²) >= 11 is 1.97. The zero-order valence-corrected chi connectivity index (χ0v) is 10.5. The van der Waals surface area contributed by atoms with Crippen LogP contribution in [0.1, 0.15) is 6.42 Å². The van der Waals surface area contributed by atoms with Crippen molar-refractivity contribution >= 4 is 45.8 Å². The van der Waals surface area contributed by atoms with Crippen LogP contribution in [-0.2, 0) is 9.59 Å². The van der Waals surface area contributed by atoms with Gasteiger partial charge in [0.2, 0.25) is 11.8 Å². The lowest BCUT2D eigenvalue weighted by Gasteiger charge is -2.16. The highest BCUT2D eigenvalue weighted by atomic mass is 32.2. The Kier molecular flexibility index (Phi) is 3.72. The summed E-state index contributed by atoms with van der Waals surface area (Å²) in [4.78, 5) is 47.4. The van der Waals surface area contributed by atoms with Gasteiger partial charge in [-0.25, -0.2) is 0 Å². The van der Waals surface area contributed by atoms with Gasteiger partial charge in [0.05, 0.1) is 11.5 Å². The third kappa shape index (κ3) is 2.63. The Labute approximate surface area is 106 Å². The first-order valence-corrected chi connectivity index (χ1v) is 7.01. The van der Waals surface area contributed by atoms with Crippen LogP contribution in [0, 0.1) is 0 Å². The zero-order valence-electron chi connectivity index (χ0n) is 8.88. The zero-order chi connectivity index (χ0) is 12.4. The van der Waals surface area contributed by atoms with Gasteiger partial charge < -0.3 is 0 Å². The van der Waals surface area contributed by atoms with Gasteiger partial charge in [0, 0.05) is 13.1 Å². The first kappa shape index (κ1) is 12.4. The van der Waals surface area contributed by atoms with Crippen LogP contribution in [0.5, 0.6) is 0 Å². The van der Waals surface area contributed by atoms with Gasteiger partial charge >= 0.3 is 0 Å². The summed E-state index contributed by atoms with van der Waals surface area (Å²) in [6.07, 6.45) is 0.441. The Morgan fingerprint density at radius 3 is 1.53 bits per heavy atom. The second kappa shape index (κ2) is 5.09. The van der Waals surface area contributed by atoms with Crippen molar-refractivity contribution in [3.05, 3.63) is 0 Å². The standard InChI is InChI=1S/C9H10N2O4S2/c12-6-4-16-8(14)10(6)2-1-3-11-7(13)5-17-9(11)15/h1-5H2. The van der Waals surface area contributed by atoms with Crippen LogP contribution in [-0.4, -0.2) is 56.7 Å². The van der Waals surface area contributed by atoms with Gasteiger partial charge in [-0.1, -0.05) is 23.5 Å². The number of rotatable bonds is 4. The van der Waals surface area contributed by atoms with Gasteiger partial charge in [0.1, 0.15) is 0 Å². The second-order valence-corrected chi connectivity index (χ2v) is 5.41. The molecule has 2 aliphatic heterocycles. The molecule has 4 amide bonds. The van der Waals surface area contributed by atoms with Crippen molar-refractivity contribution in [3.8, 4) is 0 Å². The predicted molar refractivity (Wildman–Crippen MR) is 63.8 cm³/mol. The smallest absolute Gasteiger partial charge is 0.273 e. The number of nitrogens with zero attached hydrogens (tertiary/aromatic N) is 2. The van der Waals surface area contributed by atoms with Gasteiger partial charge in [-0.3, -0.25) is 29.0 Å². The molecule has 2 heterocycles. The van der Waals surface area contributed by atoms with Crippen LogP contribution < -0.4 is 0 Å². The highest BCUT2D eigenvalue weighted by Crippen LogP contribution is 2.21. The van der Waals surface area contributed by atoms with Crippen molar-refractivity contribution in [1.29, 1.82) is 0 Å². The number of thioether (sulfide) groups is 2. The second-order valence-electron chi connectivity index (χ2n) is 3.55. The molecule has 17 heavy (non-hydrogen) atoms. The highest BCUT2D eigenvalue weighted by Gasteiger charge is 2.32. The third-order valence-electron chi connectivity index (χ3n) is 2.44. The topological polar surface area (TPSA) is 74.8 Å². The van der Waals surface area contributed by atoms with Crippen molar-refractivity contribution < 1.29 is 19.2 Å². The molecule has 92 valence electrons. The summed E-state index contributed by atoms with van der Waals surface area (Å²) in [6.45, 7) is 0.540. The van der Waals surface area contributed by atoms with E-state index in [0.29, 0.717) is 6.42 Å². The minimum absolute atomic E-state index is 0.191. The lowest BCUT2D eigenvalue weighted by Crippen LogP contribution is -2.34. The number of imide groups is 2. The molecule has 2 saturated heterocycles. The fourth-order valence-electron chi connectivity index (χ4n) is 1.58. The molecule has 0 aromatic carbocycles. The highest BCUT2D eigenvalue weighted by molar-refractivity contribution is 8.15. The van der Waals surface area contributed by atoms with E-state index in [-0.39, 0.29) is 46.9 Å². The molecule has 2 fully saturated rings. The van der Waals surface area contributed by atoms with Crippen molar-refractivity contribution in [2.24, 2.45) is 0 Å². The van der Waals surface area contributed by atoms with E-state index < -0.39 is 0 Å². The molecule has 0 aromatic heterocycles. The average molecular weight is 274 g/mol. The minimum Gasteiger partial charge on any atom is -0.273 e. The largest absolute Gasteiger partial charge is 0.288 e. The molecule has 2 aliphatic rings. The van der Waals surface area contributed by atoms with E-state index in [1.54, 1.807) is 0 Å². The molecule has 6 nitrogen and oxygen atoms in total. The van der Waals surface area contributed by atoms with Crippen molar-refractivity contribution in [1.82, 2.24) is 9.80 Å². The van der Waals surface area contributed by atoms with E-state index in [1.165, 1.54) is 9.80 Å². The predicted octanol–water partition coefficient (Wildman–Crippen LogP) is 0.767. The molecule has 0 spiro atoms. The minimum atomic E-state index is -0.247. The molecule has 0 aromatic rings. The number of carbonyl (C=O) groups excluding carboxylic acids is 4. The SMILES string of the molecule is O=C1CSC(=O)N1CCCN1C(=O)CSC1=O. The van der Waals surface area contributed by atoms with Crippen molar-refractivity contribution in [2.45, 2.75) is 6.42 Å². The first-order valence-electron chi connectivity index (χ1n) is 5.04. The Balaban J connectivity index is 1.79. The molecule has 0 saturated carbocycles.